The van der Waals surface area contributed by atoms with E-state index in [2.05, 4.69) is 42.4 Å². The number of nitrogens with zero attached hydrogens (tertiary/aromatic N) is 1. The summed E-state index contributed by atoms with van der Waals surface area (Å²) in [6.45, 7) is -0.187. The van der Waals surface area contributed by atoms with Crippen LogP contribution in [-0.4, -0.2) is 32.9 Å². The molecule has 0 radical (unpaired) electrons. The molecule has 1 N–H and O–H groups in total. The maximum atomic E-state index is 11.8. The lowest BCUT2D eigenvalue weighted by Gasteiger charge is -2.10. The fourth-order valence-electron chi connectivity index (χ4n) is 1.96. The van der Waals surface area contributed by atoms with Gasteiger partial charge in [-0.25, -0.2) is 5.43 Å². The van der Waals surface area contributed by atoms with E-state index in [1.165, 1.54) is 6.21 Å². The molecular formula is C17H15Br2ClN2O4. The molecule has 138 valence electrons. The van der Waals surface area contributed by atoms with E-state index in [0.717, 1.165) is 5.56 Å². The molecule has 0 spiro atoms. The fraction of sp³-hybridized carbons (Fsp3) is 0.176. The van der Waals surface area contributed by atoms with Gasteiger partial charge in [-0.1, -0.05) is 11.6 Å². The molecule has 1 amide bonds. The zero-order valence-corrected chi connectivity index (χ0v) is 17.8. The second kappa shape index (κ2) is 9.80. The summed E-state index contributed by atoms with van der Waals surface area (Å²) in [5, 5.41) is 4.48. The Bertz CT molecular complexity index is 831. The van der Waals surface area contributed by atoms with Crippen molar-refractivity contribution in [3.8, 4) is 17.2 Å². The third-order valence-corrected chi connectivity index (χ3v) is 4.56. The first-order valence-electron chi connectivity index (χ1n) is 7.26. The van der Waals surface area contributed by atoms with Crippen molar-refractivity contribution in [3.05, 3.63) is 49.9 Å². The average molecular weight is 507 g/mol. The van der Waals surface area contributed by atoms with Crippen LogP contribution in [0, 0.1) is 0 Å². The Balaban J connectivity index is 1.93. The summed E-state index contributed by atoms with van der Waals surface area (Å²) in [7, 11) is 3.09. The minimum Gasteiger partial charge on any atom is -0.493 e. The van der Waals surface area contributed by atoms with Gasteiger partial charge in [0.15, 0.2) is 18.1 Å². The molecule has 2 aromatic rings. The minimum atomic E-state index is -0.400. The second-order valence-corrected chi connectivity index (χ2v) is 7.04. The summed E-state index contributed by atoms with van der Waals surface area (Å²) in [4.78, 5) is 11.8. The molecule has 0 unspecified atom stereocenters. The van der Waals surface area contributed by atoms with Gasteiger partial charge in [-0.15, -0.1) is 0 Å². The van der Waals surface area contributed by atoms with Crippen LogP contribution in [0.25, 0.3) is 0 Å². The van der Waals surface area contributed by atoms with Crippen LogP contribution >= 0.6 is 43.5 Å². The maximum Gasteiger partial charge on any atom is 0.277 e. The molecule has 0 bridgehead atoms. The molecule has 2 rings (SSSR count). The Kier molecular flexibility index (Phi) is 7.74. The van der Waals surface area contributed by atoms with E-state index in [1.54, 1.807) is 44.6 Å². The summed E-state index contributed by atoms with van der Waals surface area (Å²) in [6.07, 6.45) is 1.49. The molecule has 0 heterocycles. The number of benzene rings is 2. The Morgan fingerprint density at radius 3 is 2.58 bits per heavy atom. The van der Waals surface area contributed by atoms with Gasteiger partial charge in [0.1, 0.15) is 5.75 Å². The number of hydrogen-bond donors (Lipinski definition) is 1. The van der Waals surface area contributed by atoms with Crippen molar-refractivity contribution in [2.45, 2.75) is 0 Å². The van der Waals surface area contributed by atoms with Crippen molar-refractivity contribution in [1.82, 2.24) is 5.43 Å². The van der Waals surface area contributed by atoms with E-state index < -0.39 is 5.91 Å². The van der Waals surface area contributed by atoms with Gasteiger partial charge in [0, 0.05) is 5.02 Å². The molecule has 0 aliphatic carbocycles. The molecule has 0 aliphatic heterocycles. The quantitative estimate of drug-likeness (QED) is 0.446. The van der Waals surface area contributed by atoms with Gasteiger partial charge in [-0.2, -0.15) is 5.10 Å². The third kappa shape index (κ3) is 5.62. The first-order chi connectivity index (χ1) is 12.4. The largest absolute Gasteiger partial charge is 0.493 e. The molecule has 26 heavy (non-hydrogen) atoms. The van der Waals surface area contributed by atoms with E-state index in [1.807, 2.05) is 0 Å². The van der Waals surface area contributed by atoms with Crippen LogP contribution in [0.1, 0.15) is 5.56 Å². The highest BCUT2D eigenvalue weighted by molar-refractivity contribution is 9.10. The van der Waals surface area contributed by atoms with Crippen LogP contribution < -0.4 is 19.6 Å². The number of hydrogen-bond acceptors (Lipinski definition) is 5. The van der Waals surface area contributed by atoms with E-state index in [0.29, 0.717) is 31.2 Å². The van der Waals surface area contributed by atoms with Gasteiger partial charge in [0.25, 0.3) is 5.91 Å². The summed E-state index contributed by atoms with van der Waals surface area (Å²) in [5.41, 5.74) is 3.11. The highest BCUT2D eigenvalue weighted by Gasteiger charge is 2.10. The lowest BCUT2D eigenvalue weighted by atomic mass is 10.2. The lowest BCUT2D eigenvalue weighted by molar-refractivity contribution is -0.123. The predicted molar refractivity (Wildman–Crippen MR) is 108 cm³/mol. The summed E-state index contributed by atoms with van der Waals surface area (Å²) < 4.78 is 17.3. The van der Waals surface area contributed by atoms with Gasteiger partial charge in [-0.3, -0.25) is 4.79 Å². The molecule has 6 nitrogen and oxygen atoms in total. The zero-order valence-electron chi connectivity index (χ0n) is 13.9. The molecule has 0 atom stereocenters. The summed E-state index contributed by atoms with van der Waals surface area (Å²) in [5.74, 6) is 1.24. The predicted octanol–water partition coefficient (Wildman–Crippen LogP) is 4.41. The SMILES string of the molecule is COc1cc(C=NNC(=O)COc2ccc(Cl)cc2Br)cc(Br)c1OC. The van der Waals surface area contributed by atoms with E-state index in [4.69, 9.17) is 25.8 Å². The third-order valence-electron chi connectivity index (χ3n) is 3.11. The second-order valence-electron chi connectivity index (χ2n) is 4.89. The summed E-state index contributed by atoms with van der Waals surface area (Å²) >= 11 is 12.6. The average Bonchev–Trinajstić information content (AvgIpc) is 2.60. The van der Waals surface area contributed by atoms with Gasteiger partial charge < -0.3 is 14.2 Å². The van der Waals surface area contributed by atoms with Crippen LogP contribution in [0.5, 0.6) is 17.2 Å². The molecule has 0 aromatic heterocycles. The van der Waals surface area contributed by atoms with Crippen LogP contribution in [0.3, 0.4) is 0 Å². The monoisotopic (exact) mass is 504 g/mol. The minimum absolute atomic E-state index is 0.187. The molecule has 0 saturated carbocycles. The fourth-order valence-corrected chi connectivity index (χ4v) is 3.38. The molecular weight excluding hydrogens is 491 g/mol. The van der Waals surface area contributed by atoms with Crippen LogP contribution in [0.15, 0.2) is 44.4 Å². The molecule has 0 aliphatic rings. The number of nitrogens with one attached hydrogen (secondary N) is 1. The normalized spacial score (nSPS) is 10.7. The van der Waals surface area contributed by atoms with Crippen molar-refractivity contribution in [2.24, 2.45) is 5.10 Å². The number of halogens is 3. The van der Waals surface area contributed by atoms with Gasteiger partial charge >= 0.3 is 0 Å². The van der Waals surface area contributed by atoms with Crippen LogP contribution in [0.2, 0.25) is 5.02 Å². The Hall–Kier alpha value is -1.77. The van der Waals surface area contributed by atoms with Crippen LogP contribution in [-0.2, 0) is 4.79 Å². The number of carbonyl (C=O) groups excluding carboxylic acids is 1. The van der Waals surface area contributed by atoms with Crippen molar-refractivity contribution in [3.63, 3.8) is 0 Å². The number of rotatable bonds is 7. The van der Waals surface area contributed by atoms with Gasteiger partial charge in [0.05, 0.1) is 29.4 Å². The Morgan fingerprint density at radius 2 is 1.92 bits per heavy atom. The van der Waals surface area contributed by atoms with E-state index in [9.17, 15) is 4.79 Å². The van der Waals surface area contributed by atoms with Crippen molar-refractivity contribution in [1.29, 1.82) is 0 Å². The molecule has 0 fully saturated rings. The smallest absolute Gasteiger partial charge is 0.277 e. The number of carbonyl (C=O) groups is 1. The van der Waals surface area contributed by atoms with Crippen molar-refractivity contribution >= 4 is 55.6 Å². The first kappa shape index (κ1) is 20.5. The highest BCUT2D eigenvalue weighted by Crippen LogP contribution is 2.35. The Labute approximate surface area is 172 Å². The zero-order chi connectivity index (χ0) is 19.1. The first-order valence-corrected chi connectivity index (χ1v) is 9.22. The van der Waals surface area contributed by atoms with Crippen LogP contribution in [0.4, 0.5) is 0 Å². The van der Waals surface area contributed by atoms with E-state index in [-0.39, 0.29) is 6.61 Å². The standard InChI is InChI=1S/C17H15Br2ClN2O4/c1-24-15-6-10(5-13(19)17(15)25-2)8-21-22-16(23)9-26-14-4-3-11(20)7-12(14)18/h3-8H,9H2,1-2H3,(H,22,23). The van der Waals surface area contributed by atoms with Gasteiger partial charge in [-0.05, 0) is 67.8 Å². The lowest BCUT2D eigenvalue weighted by Crippen LogP contribution is -2.24. The number of hydrazone groups is 1. The molecule has 2 aromatic carbocycles. The Morgan fingerprint density at radius 1 is 1.15 bits per heavy atom. The number of methoxy groups -OCH3 is 2. The molecule has 0 saturated heterocycles. The topological polar surface area (TPSA) is 69.2 Å². The highest BCUT2D eigenvalue weighted by atomic mass is 79.9. The van der Waals surface area contributed by atoms with E-state index >= 15 is 0 Å². The number of amides is 1. The van der Waals surface area contributed by atoms with Crippen molar-refractivity contribution in [2.75, 3.05) is 20.8 Å². The summed E-state index contributed by atoms with van der Waals surface area (Å²) in [6, 6.07) is 8.55. The van der Waals surface area contributed by atoms with Gasteiger partial charge in [0.2, 0.25) is 0 Å². The maximum absolute atomic E-state index is 11.8. The van der Waals surface area contributed by atoms with Crippen molar-refractivity contribution < 1.29 is 19.0 Å². The number of ether oxygens (including phenoxy) is 3. The molecule has 9 heteroatoms.